The van der Waals surface area contributed by atoms with E-state index in [0.717, 1.165) is 6.42 Å². The molecule has 2 aromatic rings. The second-order valence-corrected chi connectivity index (χ2v) is 4.84. The summed E-state index contributed by atoms with van der Waals surface area (Å²) in [4.78, 5) is 0. The summed E-state index contributed by atoms with van der Waals surface area (Å²) in [5.41, 5.74) is 8.55. The van der Waals surface area contributed by atoms with E-state index in [4.69, 9.17) is 5.73 Å². The third-order valence-corrected chi connectivity index (χ3v) is 2.88. The van der Waals surface area contributed by atoms with Crippen LogP contribution in [0.1, 0.15) is 32.5 Å². The Labute approximate surface area is 97.1 Å². The van der Waals surface area contributed by atoms with Crippen LogP contribution in [0.5, 0.6) is 0 Å². The third kappa shape index (κ3) is 1.98. The van der Waals surface area contributed by atoms with Crippen LogP contribution in [-0.4, -0.2) is 10.6 Å². The number of benzene rings is 1. The Morgan fingerprint density at radius 1 is 1.19 bits per heavy atom. The molecule has 0 bridgehead atoms. The fraction of sp³-hybridized carbons (Fsp3) is 0.429. The zero-order chi connectivity index (χ0) is 11.7. The Bertz CT molecular complexity index is 480. The highest BCUT2D eigenvalue weighted by Gasteiger charge is 2.11. The lowest BCUT2D eigenvalue weighted by Gasteiger charge is -2.15. The van der Waals surface area contributed by atoms with Gasteiger partial charge in [-0.05, 0) is 38.3 Å². The van der Waals surface area contributed by atoms with Gasteiger partial charge in [-0.3, -0.25) is 0 Å². The molecule has 0 spiro atoms. The molecule has 0 aliphatic carbocycles. The maximum atomic E-state index is 5.90. The first-order chi connectivity index (χ1) is 7.59. The first-order valence-corrected chi connectivity index (χ1v) is 5.94. The number of para-hydroxylation sites is 1. The van der Waals surface area contributed by atoms with E-state index in [9.17, 15) is 0 Å². The van der Waals surface area contributed by atoms with Crippen molar-refractivity contribution in [1.29, 1.82) is 0 Å². The van der Waals surface area contributed by atoms with Gasteiger partial charge in [-0.25, -0.2) is 0 Å². The Morgan fingerprint density at radius 3 is 2.50 bits per heavy atom. The molecule has 86 valence electrons. The number of nitrogens with zero attached hydrogens (tertiary/aromatic N) is 1. The molecule has 2 N–H and O–H groups in total. The van der Waals surface area contributed by atoms with Crippen molar-refractivity contribution in [3.05, 3.63) is 36.0 Å². The molecule has 0 radical (unpaired) electrons. The standard InChI is InChI=1S/C14H20N2/c1-10(2)16-13(8-11(3)15)9-12-6-4-5-7-14(12)16/h4-7,9-11H,8,15H2,1-3H3. The highest BCUT2D eigenvalue weighted by molar-refractivity contribution is 5.81. The normalized spacial score (nSPS) is 13.6. The summed E-state index contributed by atoms with van der Waals surface area (Å²) in [6, 6.07) is 11.5. The molecule has 0 saturated heterocycles. The molecule has 0 fully saturated rings. The predicted molar refractivity (Wildman–Crippen MR) is 69.7 cm³/mol. The molecule has 2 heteroatoms. The smallest absolute Gasteiger partial charge is 0.0484 e. The molecule has 2 rings (SSSR count). The number of hydrogen-bond acceptors (Lipinski definition) is 1. The van der Waals surface area contributed by atoms with Gasteiger partial charge in [-0.2, -0.15) is 0 Å². The molecule has 1 atom stereocenters. The summed E-state index contributed by atoms with van der Waals surface area (Å²) >= 11 is 0. The van der Waals surface area contributed by atoms with Gasteiger partial charge in [0, 0.05) is 29.7 Å². The molecule has 2 nitrogen and oxygen atoms in total. The molecule has 1 aromatic heterocycles. The van der Waals surface area contributed by atoms with Gasteiger partial charge in [0.15, 0.2) is 0 Å². The van der Waals surface area contributed by atoms with Gasteiger partial charge in [-0.15, -0.1) is 0 Å². The van der Waals surface area contributed by atoms with E-state index < -0.39 is 0 Å². The Morgan fingerprint density at radius 2 is 1.88 bits per heavy atom. The van der Waals surface area contributed by atoms with Gasteiger partial charge in [-0.1, -0.05) is 18.2 Å². The second-order valence-electron chi connectivity index (χ2n) is 4.84. The largest absolute Gasteiger partial charge is 0.342 e. The van der Waals surface area contributed by atoms with Gasteiger partial charge < -0.3 is 10.3 Å². The number of hydrogen-bond donors (Lipinski definition) is 1. The fourth-order valence-electron chi connectivity index (χ4n) is 2.33. The summed E-state index contributed by atoms with van der Waals surface area (Å²) in [6.07, 6.45) is 0.937. The van der Waals surface area contributed by atoms with Crippen molar-refractivity contribution < 1.29 is 0 Å². The molecule has 0 aliphatic heterocycles. The average molecular weight is 216 g/mol. The van der Waals surface area contributed by atoms with Crippen molar-refractivity contribution in [2.24, 2.45) is 5.73 Å². The van der Waals surface area contributed by atoms with Gasteiger partial charge >= 0.3 is 0 Å². The molecule has 16 heavy (non-hydrogen) atoms. The lowest BCUT2D eigenvalue weighted by molar-refractivity contribution is 0.576. The van der Waals surface area contributed by atoms with Crippen LogP contribution in [0.3, 0.4) is 0 Å². The minimum Gasteiger partial charge on any atom is -0.342 e. The van der Waals surface area contributed by atoms with E-state index in [1.165, 1.54) is 16.6 Å². The van der Waals surface area contributed by atoms with Crippen LogP contribution in [-0.2, 0) is 6.42 Å². The van der Waals surface area contributed by atoms with Crippen LogP contribution in [0, 0.1) is 0 Å². The molecule has 0 amide bonds. The van der Waals surface area contributed by atoms with Crippen LogP contribution in [0.2, 0.25) is 0 Å². The number of fused-ring (bicyclic) bond motifs is 1. The van der Waals surface area contributed by atoms with Crippen molar-refractivity contribution in [2.45, 2.75) is 39.3 Å². The van der Waals surface area contributed by atoms with E-state index in [0.29, 0.717) is 6.04 Å². The van der Waals surface area contributed by atoms with Crippen LogP contribution >= 0.6 is 0 Å². The predicted octanol–water partition coefficient (Wildman–Crippen LogP) is 3.11. The van der Waals surface area contributed by atoms with Crippen molar-refractivity contribution in [3.63, 3.8) is 0 Å². The summed E-state index contributed by atoms with van der Waals surface area (Å²) in [7, 11) is 0. The van der Waals surface area contributed by atoms with Gasteiger partial charge in [0.05, 0.1) is 0 Å². The second kappa shape index (κ2) is 4.30. The molecule has 1 heterocycles. The summed E-state index contributed by atoms with van der Waals surface area (Å²) < 4.78 is 2.39. The monoisotopic (exact) mass is 216 g/mol. The highest BCUT2D eigenvalue weighted by atomic mass is 15.0. The highest BCUT2D eigenvalue weighted by Crippen LogP contribution is 2.24. The number of rotatable bonds is 3. The van der Waals surface area contributed by atoms with Crippen LogP contribution in [0.15, 0.2) is 30.3 Å². The fourth-order valence-corrected chi connectivity index (χ4v) is 2.33. The van der Waals surface area contributed by atoms with E-state index in [1.807, 2.05) is 0 Å². The first-order valence-electron chi connectivity index (χ1n) is 5.94. The van der Waals surface area contributed by atoms with Crippen LogP contribution in [0.25, 0.3) is 10.9 Å². The Hall–Kier alpha value is -1.28. The summed E-state index contributed by atoms with van der Waals surface area (Å²) in [5, 5.41) is 1.31. The number of nitrogens with two attached hydrogens (primary N) is 1. The minimum atomic E-state index is 0.210. The average Bonchev–Trinajstić information content (AvgIpc) is 2.53. The minimum absolute atomic E-state index is 0.210. The molecule has 1 aromatic carbocycles. The lowest BCUT2D eigenvalue weighted by atomic mass is 10.2. The van der Waals surface area contributed by atoms with Gasteiger partial charge in [0.1, 0.15) is 0 Å². The van der Waals surface area contributed by atoms with Gasteiger partial charge in [0.25, 0.3) is 0 Å². The maximum Gasteiger partial charge on any atom is 0.0484 e. The molecular weight excluding hydrogens is 196 g/mol. The molecule has 0 aliphatic rings. The van der Waals surface area contributed by atoms with E-state index in [2.05, 4.69) is 55.7 Å². The molecule has 1 unspecified atom stereocenters. The van der Waals surface area contributed by atoms with Gasteiger partial charge in [0.2, 0.25) is 0 Å². The SMILES string of the molecule is CC(N)Cc1cc2ccccc2n1C(C)C. The zero-order valence-corrected chi connectivity index (χ0v) is 10.3. The van der Waals surface area contributed by atoms with Crippen molar-refractivity contribution in [1.82, 2.24) is 4.57 Å². The maximum absolute atomic E-state index is 5.90. The quantitative estimate of drug-likeness (QED) is 0.839. The van der Waals surface area contributed by atoms with E-state index in [1.54, 1.807) is 0 Å². The number of aromatic nitrogens is 1. The van der Waals surface area contributed by atoms with Crippen molar-refractivity contribution in [2.75, 3.05) is 0 Å². The molecule has 0 saturated carbocycles. The topological polar surface area (TPSA) is 30.9 Å². The van der Waals surface area contributed by atoms with E-state index in [-0.39, 0.29) is 6.04 Å². The molecular formula is C14H20N2. The summed E-state index contributed by atoms with van der Waals surface area (Å²) in [5.74, 6) is 0. The zero-order valence-electron chi connectivity index (χ0n) is 10.3. The summed E-state index contributed by atoms with van der Waals surface area (Å²) in [6.45, 7) is 6.50. The van der Waals surface area contributed by atoms with Crippen LogP contribution < -0.4 is 5.73 Å². The first kappa shape index (κ1) is 11.2. The van der Waals surface area contributed by atoms with Crippen LogP contribution in [0.4, 0.5) is 0 Å². The van der Waals surface area contributed by atoms with Crippen molar-refractivity contribution in [3.8, 4) is 0 Å². The third-order valence-electron chi connectivity index (χ3n) is 2.88. The lowest BCUT2D eigenvalue weighted by Crippen LogP contribution is -2.20. The van der Waals surface area contributed by atoms with E-state index >= 15 is 0 Å². The Kier molecular flexibility index (Phi) is 3.01. The Balaban J connectivity index is 2.58. The van der Waals surface area contributed by atoms with Crippen molar-refractivity contribution >= 4 is 10.9 Å².